The Labute approximate surface area is 88.9 Å². The zero-order valence-corrected chi connectivity index (χ0v) is 8.79. The summed E-state index contributed by atoms with van der Waals surface area (Å²) in [7, 11) is 0. The van der Waals surface area contributed by atoms with Crippen molar-refractivity contribution in [2.75, 3.05) is 12.3 Å². The van der Waals surface area contributed by atoms with Crippen LogP contribution in [0, 0.1) is 6.92 Å². The summed E-state index contributed by atoms with van der Waals surface area (Å²) in [5.74, 6) is 0.991. The van der Waals surface area contributed by atoms with Crippen LogP contribution in [-0.2, 0) is 4.79 Å². The highest BCUT2D eigenvalue weighted by Gasteiger charge is 2.20. The summed E-state index contributed by atoms with van der Waals surface area (Å²) < 4.78 is 0. The molecule has 0 aromatic carbocycles. The summed E-state index contributed by atoms with van der Waals surface area (Å²) in [6.07, 6.45) is 3.33. The Morgan fingerprint density at radius 1 is 1.60 bits per heavy atom. The summed E-state index contributed by atoms with van der Waals surface area (Å²) in [6, 6.07) is 2.03. The fourth-order valence-electron chi connectivity index (χ4n) is 1.90. The van der Waals surface area contributed by atoms with Crippen molar-refractivity contribution in [1.82, 2.24) is 10.3 Å². The molecule has 4 heteroatoms. The van der Waals surface area contributed by atoms with Crippen LogP contribution in [0.3, 0.4) is 0 Å². The molecule has 1 aromatic rings. The predicted molar refractivity (Wildman–Crippen MR) is 58.4 cm³/mol. The maximum atomic E-state index is 11.2. The second kappa shape index (κ2) is 3.88. The maximum Gasteiger partial charge on any atom is 0.220 e. The second-order valence-corrected chi connectivity index (χ2v) is 4.01. The highest BCUT2D eigenvalue weighted by Crippen LogP contribution is 2.26. The zero-order valence-electron chi connectivity index (χ0n) is 8.79. The van der Waals surface area contributed by atoms with Crippen molar-refractivity contribution in [2.45, 2.75) is 25.7 Å². The van der Waals surface area contributed by atoms with E-state index in [1.54, 1.807) is 6.20 Å². The first-order chi connectivity index (χ1) is 7.16. The van der Waals surface area contributed by atoms with Crippen molar-refractivity contribution >= 4 is 11.7 Å². The van der Waals surface area contributed by atoms with E-state index in [2.05, 4.69) is 10.3 Å². The largest absolute Gasteiger partial charge is 0.383 e. The van der Waals surface area contributed by atoms with Crippen molar-refractivity contribution in [3.8, 4) is 0 Å². The number of pyridine rings is 1. The first kappa shape index (κ1) is 9.96. The minimum atomic E-state index is 0.126. The summed E-state index contributed by atoms with van der Waals surface area (Å²) in [4.78, 5) is 15.4. The number of nitrogens with zero attached hydrogens (tertiary/aromatic N) is 1. The van der Waals surface area contributed by atoms with Gasteiger partial charge in [0, 0.05) is 19.2 Å². The molecule has 1 aliphatic rings. The van der Waals surface area contributed by atoms with E-state index in [0.29, 0.717) is 18.2 Å². The molecule has 3 N–H and O–H groups in total. The molecule has 1 atom stereocenters. The van der Waals surface area contributed by atoms with Crippen LogP contribution < -0.4 is 11.1 Å². The standard InChI is InChI=1S/C11H15N3O/c1-7-4-9(6-14-11(7)12)8-2-3-13-10(15)5-8/h4,6,8H,2-3,5H2,1H3,(H2,12,14)(H,13,15)/t8-/m0/s1. The smallest absolute Gasteiger partial charge is 0.220 e. The molecule has 2 rings (SSSR count). The van der Waals surface area contributed by atoms with Gasteiger partial charge in [-0.3, -0.25) is 4.79 Å². The van der Waals surface area contributed by atoms with Crippen LogP contribution in [-0.4, -0.2) is 17.4 Å². The van der Waals surface area contributed by atoms with Crippen molar-refractivity contribution in [3.05, 3.63) is 23.4 Å². The lowest BCUT2D eigenvalue weighted by molar-refractivity contribution is -0.122. The molecule has 1 aliphatic heterocycles. The fraction of sp³-hybridized carbons (Fsp3) is 0.455. The Hall–Kier alpha value is -1.58. The SMILES string of the molecule is Cc1cc([C@H]2CCNC(=O)C2)cnc1N. The van der Waals surface area contributed by atoms with E-state index < -0.39 is 0 Å². The van der Waals surface area contributed by atoms with Gasteiger partial charge in [-0.1, -0.05) is 6.07 Å². The van der Waals surface area contributed by atoms with E-state index in [1.807, 2.05) is 13.0 Å². The summed E-state index contributed by atoms with van der Waals surface area (Å²) in [5.41, 5.74) is 7.76. The Kier molecular flexibility index (Phi) is 2.58. The third-order valence-corrected chi connectivity index (χ3v) is 2.86. The van der Waals surface area contributed by atoms with Crippen LogP contribution in [0.15, 0.2) is 12.3 Å². The molecule has 80 valence electrons. The molecule has 0 unspecified atom stereocenters. The molecular weight excluding hydrogens is 190 g/mol. The molecule has 15 heavy (non-hydrogen) atoms. The number of nitrogen functional groups attached to an aromatic ring is 1. The minimum absolute atomic E-state index is 0.126. The van der Waals surface area contributed by atoms with Gasteiger partial charge < -0.3 is 11.1 Å². The lowest BCUT2D eigenvalue weighted by atomic mass is 9.90. The number of nitrogens with one attached hydrogen (secondary N) is 1. The number of aryl methyl sites for hydroxylation is 1. The van der Waals surface area contributed by atoms with Crippen LogP contribution in [0.25, 0.3) is 0 Å². The molecule has 1 saturated heterocycles. The Morgan fingerprint density at radius 3 is 3.07 bits per heavy atom. The van der Waals surface area contributed by atoms with Crippen LogP contribution in [0.4, 0.5) is 5.82 Å². The number of carbonyl (C=O) groups excluding carboxylic acids is 1. The molecule has 0 saturated carbocycles. The third-order valence-electron chi connectivity index (χ3n) is 2.86. The summed E-state index contributed by atoms with van der Waals surface area (Å²) in [5, 5.41) is 2.82. The molecule has 0 aliphatic carbocycles. The second-order valence-electron chi connectivity index (χ2n) is 4.01. The predicted octanol–water partition coefficient (Wildman–Crippen LogP) is 0.966. The Morgan fingerprint density at radius 2 is 2.40 bits per heavy atom. The number of hydrogen-bond donors (Lipinski definition) is 2. The highest BCUT2D eigenvalue weighted by molar-refractivity contribution is 5.77. The average Bonchev–Trinajstić information content (AvgIpc) is 2.22. The van der Waals surface area contributed by atoms with Gasteiger partial charge in [-0.2, -0.15) is 0 Å². The first-order valence-electron chi connectivity index (χ1n) is 5.15. The lowest BCUT2D eigenvalue weighted by Crippen LogP contribution is -2.32. The van der Waals surface area contributed by atoms with Gasteiger partial charge in [0.2, 0.25) is 5.91 Å². The number of aromatic nitrogens is 1. The topological polar surface area (TPSA) is 68.0 Å². The molecule has 1 aromatic heterocycles. The fourth-order valence-corrected chi connectivity index (χ4v) is 1.90. The molecule has 0 radical (unpaired) electrons. The average molecular weight is 205 g/mol. The van der Waals surface area contributed by atoms with Gasteiger partial charge in [0.05, 0.1) is 0 Å². The van der Waals surface area contributed by atoms with Gasteiger partial charge in [-0.15, -0.1) is 0 Å². The van der Waals surface area contributed by atoms with Crippen LogP contribution in [0.1, 0.15) is 29.9 Å². The molecule has 4 nitrogen and oxygen atoms in total. The minimum Gasteiger partial charge on any atom is -0.383 e. The van der Waals surface area contributed by atoms with Crippen molar-refractivity contribution in [2.24, 2.45) is 0 Å². The summed E-state index contributed by atoms with van der Waals surface area (Å²) in [6.45, 7) is 2.70. The monoisotopic (exact) mass is 205 g/mol. The van der Waals surface area contributed by atoms with E-state index in [1.165, 1.54) is 0 Å². The van der Waals surface area contributed by atoms with E-state index in [9.17, 15) is 4.79 Å². The van der Waals surface area contributed by atoms with Gasteiger partial charge in [-0.25, -0.2) is 4.98 Å². The molecule has 1 amide bonds. The number of anilines is 1. The molecule has 2 heterocycles. The van der Waals surface area contributed by atoms with E-state index in [4.69, 9.17) is 5.73 Å². The van der Waals surface area contributed by atoms with Gasteiger partial charge in [0.25, 0.3) is 0 Å². The molecule has 0 bridgehead atoms. The zero-order chi connectivity index (χ0) is 10.8. The third kappa shape index (κ3) is 2.09. The quantitative estimate of drug-likeness (QED) is 0.717. The number of hydrogen-bond acceptors (Lipinski definition) is 3. The van der Waals surface area contributed by atoms with Crippen LogP contribution in [0.2, 0.25) is 0 Å². The van der Waals surface area contributed by atoms with Crippen molar-refractivity contribution < 1.29 is 4.79 Å². The summed E-state index contributed by atoms with van der Waals surface area (Å²) >= 11 is 0. The Balaban J connectivity index is 2.21. The van der Waals surface area contributed by atoms with Gasteiger partial charge in [0.15, 0.2) is 0 Å². The number of nitrogens with two attached hydrogens (primary N) is 1. The van der Waals surface area contributed by atoms with Gasteiger partial charge in [-0.05, 0) is 30.4 Å². The van der Waals surface area contributed by atoms with E-state index in [-0.39, 0.29) is 5.91 Å². The highest BCUT2D eigenvalue weighted by atomic mass is 16.1. The van der Waals surface area contributed by atoms with Crippen molar-refractivity contribution in [1.29, 1.82) is 0 Å². The molecule has 1 fully saturated rings. The number of amides is 1. The van der Waals surface area contributed by atoms with Gasteiger partial charge in [0.1, 0.15) is 5.82 Å². The lowest BCUT2D eigenvalue weighted by Gasteiger charge is -2.22. The first-order valence-corrected chi connectivity index (χ1v) is 5.15. The van der Waals surface area contributed by atoms with Crippen molar-refractivity contribution in [3.63, 3.8) is 0 Å². The normalized spacial score (nSPS) is 21.1. The van der Waals surface area contributed by atoms with E-state index in [0.717, 1.165) is 24.1 Å². The molecular formula is C11H15N3O. The molecule has 0 spiro atoms. The van der Waals surface area contributed by atoms with Gasteiger partial charge >= 0.3 is 0 Å². The van der Waals surface area contributed by atoms with Crippen LogP contribution in [0.5, 0.6) is 0 Å². The maximum absolute atomic E-state index is 11.2. The van der Waals surface area contributed by atoms with E-state index >= 15 is 0 Å². The number of carbonyl (C=O) groups is 1. The number of rotatable bonds is 1. The Bertz CT molecular complexity index is 389. The number of piperidine rings is 1. The van der Waals surface area contributed by atoms with Crippen LogP contribution >= 0.6 is 0 Å².